The highest BCUT2D eigenvalue weighted by Gasteiger charge is 2.25. The van der Waals surface area contributed by atoms with Crippen molar-refractivity contribution in [2.45, 2.75) is 52.0 Å². The fourth-order valence-corrected chi connectivity index (χ4v) is 4.32. The van der Waals surface area contributed by atoms with Gasteiger partial charge in [0.1, 0.15) is 5.76 Å². The molecule has 28 heavy (non-hydrogen) atoms. The van der Waals surface area contributed by atoms with Gasteiger partial charge in [-0.3, -0.25) is 9.89 Å². The van der Waals surface area contributed by atoms with E-state index in [1.54, 1.807) is 17.6 Å². The second kappa shape index (κ2) is 10.6. The molecular formula is C21H33N5OS. The molecule has 0 aromatic carbocycles. The number of hydrogen-bond donors (Lipinski definition) is 2. The molecule has 1 aliphatic heterocycles. The molecule has 0 saturated carbocycles. The molecule has 1 aliphatic rings. The maximum atomic E-state index is 5.70. The molecule has 2 aromatic heterocycles. The summed E-state index contributed by atoms with van der Waals surface area (Å²) in [5.41, 5.74) is 1.16. The van der Waals surface area contributed by atoms with Crippen molar-refractivity contribution >= 4 is 17.3 Å². The van der Waals surface area contributed by atoms with E-state index >= 15 is 0 Å². The number of nitrogens with zero attached hydrogens (tertiary/aromatic N) is 3. The lowest BCUT2D eigenvalue weighted by Crippen LogP contribution is -2.39. The fourth-order valence-electron chi connectivity index (χ4n) is 3.45. The number of hydrogen-bond acceptors (Lipinski definition) is 5. The zero-order valence-electron chi connectivity index (χ0n) is 17.3. The van der Waals surface area contributed by atoms with Crippen LogP contribution in [-0.4, -0.2) is 48.6 Å². The quantitative estimate of drug-likeness (QED) is 0.492. The Kier molecular flexibility index (Phi) is 7.91. The van der Waals surface area contributed by atoms with Crippen molar-refractivity contribution in [2.75, 3.05) is 32.7 Å². The van der Waals surface area contributed by atoms with Crippen molar-refractivity contribution in [1.29, 1.82) is 0 Å². The molecule has 0 aliphatic carbocycles. The third-order valence-corrected chi connectivity index (χ3v) is 6.15. The normalized spacial score (nSPS) is 16.6. The average molecular weight is 404 g/mol. The summed E-state index contributed by atoms with van der Waals surface area (Å²) in [4.78, 5) is 12.0. The smallest absolute Gasteiger partial charge is 0.191 e. The predicted molar refractivity (Wildman–Crippen MR) is 116 cm³/mol. The van der Waals surface area contributed by atoms with Crippen molar-refractivity contribution in [3.8, 4) is 0 Å². The number of guanidine groups is 1. The zero-order valence-corrected chi connectivity index (χ0v) is 18.1. The minimum absolute atomic E-state index is 0.208. The second-order valence-electron chi connectivity index (χ2n) is 7.50. The molecule has 6 nitrogen and oxygen atoms in total. The van der Waals surface area contributed by atoms with Crippen molar-refractivity contribution in [1.82, 2.24) is 20.5 Å². The van der Waals surface area contributed by atoms with Gasteiger partial charge >= 0.3 is 0 Å². The Balaban J connectivity index is 1.57. The van der Waals surface area contributed by atoms with Crippen LogP contribution in [0.25, 0.3) is 0 Å². The molecule has 1 atom stereocenters. The lowest BCUT2D eigenvalue weighted by Gasteiger charge is -2.24. The molecule has 1 saturated heterocycles. The number of thiazole rings is 1. The van der Waals surface area contributed by atoms with E-state index in [9.17, 15) is 0 Å². The van der Waals surface area contributed by atoms with Crippen LogP contribution in [0, 0.1) is 0 Å². The van der Waals surface area contributed by atoms with Gasteiger partial charge in [0.25, 0.3) is 0 Å². The first-order chi connectivity index (χ1) is 13.7. The van der Waals surface area contributed by atoms with Crippen LogP contribution in [0.1, 0.15) is 62.0 Å². The highest BCUT2D eigenvalue weighted by molar-refractivity contribution is 7.09. The summed E-state index contributed by atoms with van der Waals surface area (Å²) in [5, 5.41) is 10.2. The minimum Gasteiger partial charge on any atom is -0.468 e. The average Bonchev–Trinajstić information content (AvgIpc) is 3.44. The summed E-state index contributed by atoms with van der Waals surface area (Å²) in [6.07, 6.45) is 5.17. The van der Waals surface area contributed by atoms with Gasteiger partial charge in [-0.15, -0.1) is 11.3 Å². The van der Waals surface area contributed by atoms with Gasteiger partial charge in [0.05, 0.1) is 29.6 Å². The molecule has 3 heterocycles. The number of aromatic nitrogens is 1. The first-order valence-corrected chi connectivity index (χ1v) is 11.3. The molecular weight excluding hydrogens is 370 g/mol. The number of furan rings is 1. The highest BCUT2D eigenvalue weighted by Crippen LogP contribution is 2.25. The van der Waals surface area contributed by atoms with E-state index in [-0.39, 0.29) is 6.04 Å². The fraction of sp³-hybridized carbons (Fsp3) is 0.619. The monoisotopic (exact) mass is 403 g/mol. The van der Waals surface area contributed by atoms with Crippen LogP contribution in [0.5, 0.6) is 0 Å². The molecule has 0 bridgehead atoms. The van der Waals surface area contributed by atoms with Gasteiger partial charge < -0.3 is 15.1 Å². The van der Waals surface area contributed by atoms with Crippen LogP contribution in [-0.2, 0) is 6.42 Å². The molecule has 1 fully saturated rings. The van der Waals surface area contributed by atoms with E-state index in [0.29, 0.717) is 12.5 Å². The van der Waals surface area contributed by atoms with Crippen LogP contribution in [0.15, 0.2) is 33.2 Å². The van der Waals surface area contributed by atoms with Gasteiger partial charge in [-0.1, -0.05) is 13.8 Å². The number of rotatable bonds is 9. The first-order valence-electron chi connectivity index (χ1n) is 10.4. The highest BCUT2D eigenvalue weighted by atomic mass is 32.1. The molecule has 0 radical (unpaired) electrons. The van der Waals surface area contributed by atoms with Gasteiger partial charge in [-0.05, 0) is 45.0 Å². The summed E-state index contributed by atoms with van der Waals surface area (Å²) < 4.78 is 5.70. The lowest BCUT2D eigenvalue weighted by atomic mass is 10.2. The van der Waals surface area contributed by atoms with E-state index in [4.69, 9.17) is 14.4 Å². The standard InChI is InChI=1S/C21H33N5OS/c1-4-22-21(23-10-9-17-15-28-20(25-17)16(2)3)24-14-18(19-8-7-13-27-19)26-11-5-6-12-26/h7-8,13,15-16,18H,4-6,9-12,14H2,1-3H3,(H2,22,23,24). The molecule has 2 aromatic rings. The van der Waals surface area contributed by atoms with Crippen molar-refractivity contribution in [2.24, 2.45) is 4.99 Å². The van der Waals surface area contributed by atoms with Gasteiger partial charge in [-0.2, -0.15) is 0 Å². The SMILES string of the molecule is CCNC(=NCC(c1ccco1)N1CCCC1)NCCc1csc(C(C)C)n1. The summed E-state index contributed by atoms with van der Waals surface area (Å²) in [6, 6.07) is 4.23. The Morgan fingerprint density at radius 2 is 2.14 bits per heavy atom. The molecule has 7 heteroatoms. The van der Waals surface area contributed by atoms with E-state index in [1.807, 2.05) is 6.07 Å². The van der Waals surface area contributed by atoms with Crippen molar-refractivity contribution < 1.29 is 4.42 Å². The predicted octanol–water partition coefficient (Wildman–Crippen LogP) is 3.79. The third kappa shape index (κ3) is 5.82. The van der Waals surface area contributed by atoms with Crippen LogP contribution in [0.4, 0.5) is 0 Å². The molecule has 0 spiro atoms. The number of likely N-dealkylation sites (tertiary alicyclic amines) is 1. The molecule has 0 amide bonds. The van der Waals surface area contributed by atoms with Crippen LogP contribution < -0.4 is 10.6 Å². The maximum absolute atomic E-state index is 5.70. The molecule has 1 unspecified atom stereocenters. The molecule has 3 rings (SSSR count). The maximum Gasteiger partial charge on any atom is 0.191 e. The van der Waals surface area contributed by atoms with Crippen LogP contribution in [0.3, 0.4) is 0 Å². The van der Waals surface area contributed by atoms with Crippen molar-refractivity contribution in [3.63, 3.8) is 0 Å². The van der Waals surface area contributed by atoms with Gasteiger partial charge in [0.15, 0.2) is 5.96 Å². The summed E-state index contributed by atoms with van der Waals surface area (Å²) in [6.45, 7) is 11.1. The zero-order chi connectivity index (χ0) is 19.8. The Hall–Kier alpha value is -1.86. The Morgan fingerprint density at radius 1 is 1.32 bits per heavy atom. The Morgan fingerprint density at radius 3 is 2.79 bits per heavy atom. The summed E-state index contributed by atoms with van der Waals surface area (Å²) >= 11 is 1.75. The van der Waals surface area contributed by atoms with Crippen LogP contribution >= 0.6 is 11.3 Å². The van der Waals surface area contributed by atoms with E-state index in [2.05, 4.69) is 47.8 Å². The Labute approximate surface area is 172 Å². The second-order valence-corrected chi connectivity index (χ2v) is 8.39. The lowest BCUT2D eigenvalue weighted by molar-refractivity contribution is 0.221. The largest absolute Gasteiger partial charge is 0.468 e. The summed E-state index contributed by atoms with van der Waals surface area (Å²) in [5.74, 6) is 2.36. The van der Waals surface area contributed by atoms with E-state index < -0.39 is 0 Å². The van der Waals surface area contributed by atoms with Crippen molar-refractivity contribution in [3.05, 3.63) is 40.2 Å². The number of aliphatic imine (C=N–C) groups is 1. The van der Waals surface area contributed by atoms with E-state index in [0.717, 1.165) is 50.0 Å². The van der Waals surface area contributed by atoms with Gasteiger partial charge in [-0.25, -0.2) is 4.98 Å². The van der Waals surface area contributed by atoms with Crippen LogP contribution in [0.2, 0.25) is 0 Å². The summed E-state index contributed by atoms with van der Waals surface area (Å²) in [7, 11) is 0. The minimum atomic E-state index is 0.208. The molecule has 154 valence electrons. The topological polar surface area (TPSA) is 65.7 Å². The molecule has 2 N–H and O–H groups in total. The van der Waals surface area contributed by atoms with Gasteiger partial charge in [0, 0.05) is 30.8 Å². The third-order valence-electron chi connectivity index (χ3n) is 4.96. The Bertz CT molecular complexity index is 719. The van der Waals surface area contributed by atoms with E-state index in [1.165, 1.54) is 17.8 Å². The first kappa shape index (κ1) is 20.9. The number of nitrogens with one attached hydrogen (secondary N) is 2. The van der Waals surface area contributed by atoms with Gasteiger partial charge in [0.2, 0.25) is 0 Å².